The van der Waals surface area contributed by atoms with E-state index in [2.05, 4.69) is 5.32 Å². The zero-order chi connectivity index (χ0) is 14.5. The molecule has 1 heterocycles. The molecule has 116 valence electrons. The van der Waals surface area contributed by atoms with Gasteiger partial charge in [0.25, 0.3) is 5.91 Å². The molecule has 1 aromatic rings. The number of hydrogen-bond donors (Lipinski definition) is 1. The first kappa shape index (κ1) is 17.7. The van der Waals surface area contributed by atoms with Crippen molar-refractivity contribution in [1.82, 2.24) is 10.2 Å². The van der Waals surface area contributed by atoms with Gasteiger partial charge in [0, 0.05) is 36.7 Å². The normalized spacial score (nSPS) is 17.4. The van der Waals surface area contributed by atoms with E-state index in [1.165, 1.54) is 0 Å². The standard InChI is InChI=1S/C16H22N2O2.ClH/c1-3-15(19)12-6-8-13(9-7-12)16(20)18-10-4-5-14(18)11-17-2;/h6-9,14,17H,3-5,10-11H2,1-2H3;1H. The van der Waals surface area contributed by atoms with E-state index in [1.54, 1.807) is 24.3 Å². The first-order valence-electron chi connectivity index (χ1n) is 7.26. The molecule has 21 heavy (non-hydrogen) atoms. The number of ketones is 1. The highest BCUT2D eigenvalue weighted by atomic mass is 35.5. The number of likely N-dealkylation sites (tertiary alicyclic amines) is 1. The number of carbonyl (C=O) groups is 2. The van der Waals surface area contributed by atoms with Crippen molar-refractivity contribution in [3.8, 4) is 0 Å². The van der Waals surface area contributed by atoms with Gasteiger partial charge < -0.3 is 10.2 Å². The number of hydrogen-bond acceptors (Lipinski definition) is 3. The Bertz CT molecular complexity index is 488. The molecule has 1 fully saturated rings. The molecule has 5 heteroatoms. The van der Waals surface area contributed by atoms with Crippen molar-refractivity contribution in [2.75, 3.05) is 20.1 Å². The molecule has 0 radical (unpaired) electrons. The number of amides is 1. The molecular weight excluding hydrogens is 288 g/mol. The summed E-state index contributed by atoms with van der Waals surface area (Å²) in [5.41, 5.74) is 1.35. The number of rotatable bonds is 5. The summed E-state index contributed by atoms with van der Waals surface area (Å²) in [7, 11) is 1.91. The predicted octanol–water partition coefficient (Wildman–Crippen LogP) is 2.53. The van der Waals surface area contributed by atoms with Crippen LogP contribution in [0, 0.1) is 0 Å². The van der Waals surface area contributed by atoms with Crippen LogP contribution in [0.3, 0.4) is 0 Å². The molecule has 4 nitrogen and oxygen atoms in total. The number of nitrogens with one attached hydrogen (secondary N) is 1. The molecule has 0 saturated carbocycles. The molecule has 1 unspecified atom stereocenters. The lowest BCUT2D eigenvalue weighted by atomic mass is 10.1. The maximum absolute atomic E-state index is 12.5. The Morgan fingerprint density at radius 2 is 1.86 bits per heavy atom. The van der Waals surface area contributed by atoms with Crippen LogP contribution in [0.25, 0.3) is 0 Å². The summed E-state index contributed by atoms with van der Waals surface area (Å²) in [6.07, 6.45) is 2.60. The first-order valence-corrected chi connectivity index (χ1v) is 7.26. The van der Waals surface area contributed by atoms with Gasteiger partial charge >= 0.3 is 0 Å². The molecule has 1 aliphatic heterocycles. The Labute approximate surface area is 132 Å². The molecule has 1 N–H and O–H groups in total. The lowest BCUT2D eigenvalue weighted by Crippen LogP contribution is -2.40. The van der Waals surface area contributed by atoms with Gasteiger partial charge in [0.2, 0.25) is 0 Å². The van der Waals surface area contributed by atoms with Crippen molar-refractivity contribution in [2.24, 2.45) is 0 Å². The Balaban J connectivity index is 0.00000220. The average molecular weight is 311 g/mol. The molecule has 1 amide bonds. The van der Waals surface area contributed by atoms with Gasteiger partial charge in [-0.15, -0.1) is 12.4 Å². The van der Waals surface area contributed by atoms with Gasteiger partial charge in [-0.3, -0.25) is 9.59 Å². The fourth-order valence-corrected chi connectivity index (χ4v) is 2.72. The van der Waals surface area contributed by atoms with Crippen LogP contribution < -0.4 is 5.32 Å². The zero-order valence-electron chi connectivity index (χ0n) is 12.6. The maximum atomic E-state index is 12.5. The van der Waals surface area contributed by atoms with Gasteiger partial charge in [0.05, 0.1) is 0 Å². The number of likely N-dealkylation sites (N-methyl/N-ethyl adjacent to an activating group) is 1. The second kappa shape index (κ2) is 8.15. The number of benzene rings is 1. The van der Waals surface area contributed by atoms with E-state index in [9.17, 15) is 9.59 Å². The zero-order valence-corrected chi connectivity index (χ0v) is 13.4. The number of carbonyl (C=O) groups excluding carboxylic acids is 2. The van der Waals surface area contributed by atoms with E-state index in [0.29, 0.717) is 17.5 Å². The molecule has 1 aliphatic rings. The molecule has 0 aromatic heterocycles. The van der Waals surface area contributed by atoms with Gasteiger partial charge in [-0.25, -0.2) is 0 Å². The van der Waals surface area contributed by atoms with Gasteiger partial charge in [0.1, 0.15) is 0 Å². The Hall–Kier alpha value is -1.39. The van der Waals surface area contributed by atoms with Gasteiger partial charge in [-0.1, -0.05) is 19.1 Å². The van der Waals surface area contributed by atoms with Crippen molar-refractivity contribution in [3.63, 3.8) is 0 Å². The minimum absolute atomic E-state index is 0. The van der Waals surface area contributed by atoms with Crippen LogP contribution in [0.5, 0.6) is 0 Å². The molecule has 2 rings (SSSR count). The quantitative estimate of drug-likeness (QED) is 0.850. The molecule has 1 atom stereocenters. The van der Waals surface area contributed by atoms with E-state index in [0.717, 1.165) is 25.9 Å². The summed E-state index contributed by atoms with van der Waals surface area (Å²) in [4.78, 5) is 26.0. The molecule has 0 aliphatic carbocycles. The van der Waals surface area contributed by atoms with Gasteiger partial charge in [-0.2, -0.15) is 0 Å². The lowest BCUT2D eigenvalue weighted by Gasteiger charge is -2.24. The van der Waals surface area contributed by atoms with Crippen LogP contribution in [0.4, 0.5) is 0 Å². The van der Waals surface area contributed by atoms with E-state index in [4.69, 9.17) is 0 Å². The molecular formula is C16H23ClN2O2. The third-order valence-corrected chi connectivity index (χ3v) is 3.85. The molecule has 0 spiro atoms. The third-order valence-electron chi connectivity index (χ3n) is 3.85. The van der Waals surface area contributed by atoms with Gasteiger partial charge in [0.15, 0.2) is 5.78 Å². The van der Waals surface area contributed by atoms with Crippen molar-refractivity contribution in [2.45, 2.75) is 32.2 Å². The Morgan fingerprint density at radius 1 is 1.24 bits per heavy atom. The molecule has 0 bridgehead atoms. The van der Waals surface area contributed by atoms with Crippen molar-refractivity contribution < 1.29 is 9.59 Å². The average Bonchev–Trinajstić information content (AvgIpc) is 2.94. The first-order chi connectivity index (χ1) is 9.67. The highest BCUT2D eigenvalue weighted by Crippen LogP contribution is 2.20. The summed E-state index contributed by atoms with van der Waals surface area (Å²) in [6.45, 7) is 3.49. The summed E-state index contributed by atoms with van der Waals surface area (Å²) in [6, 6.07) is 7.31. The van der Waals surface area contributed by atoms with E-state index < -0.39 is 0 Å². The summed E-state index contributed by atoms with van der Waals surface area (Å²) >= 11 is 0. The maximum Gasteiger partial charge on any atom is 0.254 e. The minimum atomic E-state index is 0. The fraction of sp³-hybridized carbons (Fsp3) is 0.500. The number of nitrogens with zero attached hydrogens (tertiary/aromatic N) is 1. The summed E-state index contributed by atoms with van der Waals surface area (Å²) in [5, 5.41) is 3.14. The fourth-order valence-electron chi connectivity index (χ4n) is 2.72. The van der Waals surface area contributed by atoms with Crippen LogP contribution >= 0.6 is 12.4 Å². The third kappa shape index (κ3) is 4.05. The van der Waals surface area contributed by atoms with Crippen LogP contribution in [-0.4, -0.2) is 42.8 Å². The number of halogens is 1. The predicted molar refractivity (Wildman–Crippen MR) is 86.3 cm³/mol. The van der Waals surface area contributed by atoms with E-state index in [-0.39, 0.29) is 30.1 Å². The minimum Gasteiger partial charge on any atom is -0.334 e. The topological polar surface area (TPSA) is 49.4 Å². The number of Topliss-reactive ketones (excluding diaryl/α,β-unsaturated/α-hetero) is 1. The van der Waals surface area contributed by atoms with E-state index in [1.807, 2.05) is 18.9 Å². The molecule has 1 saturated heterocycles. The van der Waals surface area contributed by atoms with Gasteiger partial charge in [-0.05, 0) is 32.0 Å². The van der Waals surface area contributed by atoms with Crippen LogP contribution in [0.2, 0.25) is 0 Å². The highest BCUT2D eigenvalue weighted by Gasteiger charge is 2.28. The van der Waals surface area contributed by atoms with Crippen molar-refractivity contribution in [1.29, 1.82) is 0 Å². The summed E-state index contributed by atoms with van der Waals surface area (Å²) < 4.78 is 0. The monoisotopic (exact) mass is 310 g/mol. The second-order valence-corrected chi connectivity index (χ2v) is 5.21. The summed E-state index contributed by atoms with van der Waals surface area (Å²) in [5.74, 6) is 0.177. The van der Waals surface area contributed by atoms with Crippen molar-refractivity contribution in [3.05, 3.63) is 35.4 Å². The van der Waals surface area contributed by atoms with Crippen LogP contribution in [0.15, 0.2) is 24.3 Å². The SMILES string of the molecule is CCC(=O)c1ccc(C(=O)N2CCCC2CNC)cc1.Cl. The second-order valence-electron chi connectivity index (χ2n) is 5.21. The smallest absolute Gasteiger partial charge is 0.254 e. The molecule has 1 aromatic carbocycles. The Kier molecular flexibility index (Phi) is 6.85. The highest BCUT2D eigenvalue weighted by molar-refractivity contribution is 5.98. The largest absolute Gasteiger partial charge is 0.334 e. The van der Waals surface area contributed by atoms with Crippen molar-refractivity contribution >= 4 is 24.1 Å². The van der Waals surface area contributed by atoms with E-state index >= 15 is 0 Å². The van der Waals surface area contributed by atoms with Crippen LogP contribution in [0.1, 0.15) is 46.9 Å². The van der Waals surface area contributed by atoms with Crippen LogP contribution in [-0.2, 0) is 0 Å². The Morgan fingerprint density at radius 3 is 2.43 bits per heavy atom. The lowest BCUT2D eigenvalue weighted by molar-refractivity contribution is 0.0736.